The number of ether oxygens (including phenoxy) is 1. The number of hydrogen-bond donors (Lipinski definition) is 1. The second kappa shape index (κ2) is 10.9. The van der Waals surface area contributed by atoms with Gasteiger partial charge in [0.15, 0.2) is 5.49 Å². The molecule has 11 nitrogen and oxygen atoms in total. The van der Waals surface area contributed by atoms with Gasteiger partial charge in [0.05, 0.1) is 18.5 Å². The zero-order valence-corrected chi connectivity index (χ0v) is 21.9. The normalized spacial score (nSPS) is 17.7. The summed E-state index contributed by atoms with van der Waals surface area (Å²) in [5.41, 5.74) is 2.61. The van der Waals surface area contributed by atoms with E-state index in [1.165, 1.54) is 0 Å². The van der Waals surface area contributed by atoms with Crippen molar-refractivity contribution in [1.82, 2.24) is 29.1 Å². The molecule has 5 rings (SSSR count). The first kappa shape index (κ1) is 25.2. The molecule has 2 aliphatic rings. The topological polar surface area (TPSA) is 104 Å². The molecule has 3 aromatic heterocycles. The zero-order valence-electron chi connectivity index (χ0n) is 21.9. The molecule has 3 aromatic rings. The van der Waals surface area contributed by atoms with Crippen LogP contribution in [-0.2, 0) is 4.74 Å². The van der Waals surface area contributed by atoms with E-state index in [1.807, 2.05) is 12.1 Å². The number of fused-ring (bicyclic) bond motifs is 1. The van der Waals surface area contributed by atoms with Crippen LogP contribution < -0.4 is 10.4 Å². The number of piperazine rings is 1. The van der Waals surface area contributed by atoms with E-state index in [-0.39, 0.29) is 17.9 Å². The van der Waals surface area contributed by atoms with Crippen LogP contribution >= 0.6 is 0 Å². The number of carbonyl (C=O) groups is 1. The van der Waals surface area contributed by atoms with Gasteiger partial charge in [-0.2, -0.15) is 14.7 Å². The molecule has 37 heavy (non-hydrogen) atoms. The van der Waals surface area contributed by atoms with E-state index >= 15 is 0 Å². The SMILES string of the molecule is COCCN1CCN(c2cc/c(=N/c3ncc4cc(C(=O)N(C)C)n(C5CCCC5)c4n3)n(O)c2)CC1. The molecule has 0 radical (unpaired) electrons. The van der Waals surface area contributed by atoms with Gasteiger partial charge in [0, 0.05) is 71.6 Å². The molecule has 0 unspecified atom stereocenters. The van der Waals surface area contributed by atoms with Crippen LogP contribution in [-0.4, -0.2) is 101 Å². The fraction of sp³-hybridized carbons (Fsp3) is 0.538. The van der Waals surface area contributed by atoms with Gasteiger partial charge in [-0.3, -0.25) is 9.69 Å². The molecule has 0 bridgehead atoms. The lowest BCUT2D eigenvalue weighted by Gasteiger charge is -2.35. The molecular formula is C26H36N8O3. The Morgan fingerprint density at radius 3 is 2.62 bits per heavy atom. The highest BCUT2D eigenvalue weighted by Crippen LogP contribution is 2.34. The Hall–Kier alpha value is -3.44. The van der Waals surface area contributed by atoms with E-state index in [9.17, 15) is 10.0 Å². The molecule has 198 valence electrons. The van der Waals surface area contributed by atoms with Gasteiger partial charge in [0.2, 0.25) is 0 Å². The highest BCUT2D eigenvalue weighted by atomic mass is 16.5. The molecule has 0 atom stereocenters. The second-order valence-electron chi connectivity index (χ2n) is 10.0. The molecule has 11 heteroatoms. The molecule has 0 aromatic carbocycles. The summed E-state index contributed by atoms with van der Waals surface area (Å²) >= 11 is 0. The second-order valence-corrected chi connectivity index (χ2v) is 10.0. The van der Waals surface area contributed by atoms with Gasteiger partial charge in [-0.25, -0.2) is 4.98 Å². The van der Waals surface area contributed by atoms with Crippen LogP contribution in [0.15, 0.2) is 35.6 Å². The highest BCUT2D eigenvalue weighted by Gasteiger charge is 2.26. The van der Waals surface area contributed by atoms with Crippen molar-refractivity contribution in [2.75, 3.05) is 65.4 Å². The molecule has 1 saturated carbocycles. The molecule has 1 aliphatic heterocycles. The third-order valence-corrected chi connectivity index (χ3v) is 7.33. The number of carbonyl (C=O) groups excluding carboxylic acids is 1. The first-order chi connectivity index (χ1) is 17.9. The summed E-state index contributed by atoms with van der Waals surface area (Å²) in [6, 6.07) is 5.84. The first-order valence-corrected chi connectivity index (χ1v) is 13.0. The van der Waals surface area contributed by atoms with Crippen LogP contribution in [0.4, 0.5) is 11.6 Å². The number of amides is 1. The number of aromatic nitrogens is 4. The molecule has 1 aliphatic carbocycles. The van der Waals surface area contributed by atoms with E-state index in [0.717, 1.165) is 80.8 Å². The fourth-order valence-corrected chi connectivity index (χ4v) is 5.28. The summed E-state index contributed by atoms with van der Waals surface area (Å²) in [6.45, 7) is 5.33. The molecule has 2 fully saturated rings. The molecule has 1 saturated heterocycles. The Morgan fingerprint density at radius 1 is 1.19 bits per heavy atom. The molecule has 1 amide bonds. The van der Waals surface area contributed by atoms with Crippen LogP contribution in [0.1, 0.15) is 42.2 Å². The van der Waals surface area contributed by atoms with Crippen LogP contribution in [0.3, 0.4) is 0 Å². The maximum Gasteiger partial charge on any atom is 0.270 e. The van der Waals surface area contributed by atoms with Crippen molar-refractivity contribution in [1.29, 1.82) is 0 Å². The number of anilines is 1. The Kier molecular flexibility index (Phi) is 7.43. The zero-order chi connectivity index (χ0) is 25.9. The number of pyridine rings is 1. The minimum Gasteiger partial charge on any atom is -0.427 e. The molecule has 1 N–H and O–H groups in total. The number of methoxy groups -OCH3 is 1. The summed E-state index contributed by atoms with van der Waals surface area (Å²) in [6.07, 6.45) is 7.71. The molecular weight excluding hydrogens is 472 g/mol. The number of nitrogens with zero attached hydrogens (tertiary/aromatic N) is 8. The van der Waals surface area contributed by atoms with Gasteiger partial charge in [0.1, 0.15) is 11.3 Å². The Bertz CT molecular complexity index is 1320. The van der Waals surface area contributed by atoms with E-state index < -0.39 is 0 Å². The van der Waals surface area contributed by atoms with Crippen molar-refractivity contribution >= 4 is 28.6 Å². The standard InChI is InChI=1S/C26H36N8O3/c1-30(2)25(35)22-16-19-17-27-26(29-24(19)34(22)20-6-4-5-7-20)28-23-9-8-21(18-33(23)36)32-12-10-31(11-13-32)14-15-37-3/h8-9,16-18,20,36H,4-7,10-15H2,1-3H3/b28-23-. The third-order valence-electron chi connectivity index (χ3n) is 7.33. The van der Waals surface area contributed by atoms with Gasteiger partial charge < -0.3 is 24.3 Å². The number of hydrogen-bond acceptors (Lipinski definition) is 8. The van der Waals surface area contributed by atoms with Gasteiger partial charge >= 0.3 is 0 Å². The van der Waals surface area contributed by atoms with E-state index in [2.05, 4.69) is 24.3 Å². The van der Waals surface area contributed by atoms with Crippen molar-refractivity contribution in [2.24, 2.45) is 4.99 Å². The van der Waals surface area contributed by atoms with Gasteiger partial charge in [-0.05, 0) is 31.0 Å². The lowest BCUT2D eigenvalue weighted by Crippen LogP contribution is -2.47. The minimum absolute atomic E-state index is 0.0493. The van der Waals surface area contributed by atoms with E-state index in [0.29, 0.717) is 16.8 Å². The third kappa shape index (κ3) is 5.33. The van der Waals surface area contributed by atoms with Crippen LogP contribution in [0.2, 0.25) is 0 Å². The van der Waals surface area contributed by atoms with Crippen molar-refractivity contribution in [3.8, 4) is 0 Å². The monoisotopic (exact) mass is 508 g/mol. The average molecular weight is 509 g/mol. The molecule has 4 heterocycles. The fourth-order valence-electron chi connectivity index (χ4n) is 5.28. The highest BCUT2D eigenvalue weighted by molar-refractivity contribution is 5.97. The quantitative estimate of drug-likeness (QED) is 0.488. The predicted molar refractivity (Wildman–Crippen MR) is 140 cm³/mol. The minimum atomic E-state index is -0.0493. The molecule has 0 spiro atoms. The van der Waals surface area contributed by atoms with Crippen LogP contribution in [0.25, 0.3) is 11.0 Å². The smallest absolute Gasteiger partial charge is 0.270 e. The van der Waals surface area contributed by atoms with Crippen LogP contribution in [0, 0.1) is 0 Å². The van der Waals surface area contributed by atoms with Gasteiger partial charge in [-0.1, -0.05) is 12.8 Å². The van der Waals surface area contributed by atoms with Gasteiger partial charge in [-0.15, -0.1) is 0 Å². The maximum absolute atomic E-state index is 12.9. The van der Waals surface area contributed by atoms with Crippen LogP contribution in [0.5, 0.6) is 0 Å². The average Bonchev–Trinajstić information content (AvgIpc) is 3.56. The first-order valence-electron chi connectivity index (χ1n) is 13.0. The summed E-state index contributed by atoms with van der Waals surface area (Å²) in [4.78, 5) is 32.8. The lowest BCUT2D eigenvalue weighted by molar-refractivity contribution is 0.0815. The van der Waals surface area contributed by atoms with Crippen molar-refractivity contribution in [2.45, 2.75) is 31.7 Å². The van der Waals surface area contributed by atoms with E-state index in [4.69, 9.17) is 9.72 Å². The maximum atomic E-state index is 12.9. The Balaban J connectivity index is 1.42. The summed E-state index contributed by atoms with van der Waals surface area (Å²) in [5, 5.41) is 11.5. The summed E-state index contributed by atoms with van der Waals surface area (Å²) in [7, 11) is 5.25. The van der Waals surface area contributed by atoms with E-state index in [1.54, 1.807) is 44.6 Å². The largest absolute Gasteiger partial charge is 0.427 e. The Morgan fingerprint density at radius 2 is 1.95 bits per heavy atom. The summed E-state index contributed by atoms with van der Waals surface area (Å²) < 4.78 is 8.27. The van der Waals surface area contributed by atoms with Crippen molar-refractivity contribution in [3.05, 3.63) is 41.8 Å². The Labute approximate surface area is 216 Å². The van der Waals surface area contributed by atoms with Crippen molar-refractivity contribution < 1.29 is 14.7 Å². The van der Waals surface area contributed by atoms with Crippen molar-refractivity contribution in [3.63, 3.8) is 0 Å². The summed E-state index contributed by atoms with van der Waals surface area (Å²) in [5.74, 6) is 0.197. The lowest BCUT2D eigenvalue weighted by atomic mass is 10.2. The van der Waals surface area contributed by atoms with Gasteiger partial charge in [0.25, 0.3) is 11.9 Å². The predicted octanol–water partition coefficient (Wildman–Crippen LogP) is 2.29. The number of rotatable bonds is 7.